The van der Waals surface area contributed by atoms with Gasteiger partial charge in [-0.05, 0) is 36.8 Å². The second kappa shape index (κ2) is 6.47. The van der Waals surface area contributed by atoms with Crippen molar-refractivity contribution in [2.75, 3.05) is 19.8 Å². The van der Waals surface area contributed by atoms with Crippen LogP contribution in [0.5, 0.6) is 11.5 Å². The molecule has 0 fully saturated rings. The smallest absolute Gasteiger partial charge is 0.255 e. The molecule has 0 atom stereocenters. The fraction of sp³-hybridized carbons (Fsp3) is 0.294. The third kappa shape index (κ3) is 3.03. The Morgan fingerprint density at radius 1 is 1.23 bits per heavy atom. The van der Waals surface area contributed by atoms with E-state index >= 15 is 0 Å². The zero-order valence-corrected chi connectivity index (χ0v) is 12.5. The maximum absolute atomic E-state index is 12.5. The highest BCUT2D eigenvalue weighted by Crippen LogP contribution is 2.31. The first kappa shape index (κ1) is 14.4. The van der Waals surface area contributed by atoms with Crippen LogP contribution in [0.25, 0.3) is 0 Å². The van der Waals surface area contributed by atoms with E-state index < -0.39 is 0 Å². The van der Waals surface area contributed by atoms with Gasteiger partial charge < -0.3 is 14.4 Å². The van der Waals surface area contributed by atoms with Crippen LogP contribution in [0.4, 0.5) is 0 Å². The van der Waals surface area contributed by atoms with Gasteiger partial charge in [-0.2, -0.15) is 0 Å². The summed E-state index contributed by atoms with van der Waals surface area (Å²) in [6, 6.07) is 9.35. The number of aromatic nitrogens is 1. The van der Waals surface area contributed by atoms with E-state index in [9.17, 15) is 4.79 Å². The molecule has 114 valence electrons. The Morgan fingerprint density at radius 3 is 2.77 bits per heavy atom. The van der Waals surface area contributed by atoms with Gasteiger partial charge in [-0.3, -0.25) is 9.78 Å². The first-order chi connectivity index (χ1) is 10.8. The molecule has 0 unspecified atom stereocenters. The molecule has 0 saturated heterocycles. The number of rotatable bonds is 4. The number of ether oxygens (including phenoxy) is 2. The molecule has 5 heteroatoms. The van der Waals surface area contributed by atoms with E-state index in [-0.39, 0.29) is 5.91 Å². The van der Waals surface area contributed by atoms with Crippen molar-refractivity contribution in [1.29, 1.82) is 0 Å². The number of hydrogen-bond acceptors (Lipinski definition) is 4. The molecule has 2 aromatic rings. The molecule has 5 nitrogen and oxygen atoms in total. The molecule has 1 aliphatic heterocycles. The summed E-state index contributed by atoms with van der Waals surface area (Å²) in [5, 5.41) is 0. The molecule has 22 heavy (non-hydrogen) atoms. The molecule has 0 saturated carbocycles. The highest BCUT2D eigenvalue weighted by atomic mass is 16.6. The fourth-order valence-corrected chi connectivity index (χ4v) is 2.41. The molecule has 1 aliphatic rings. The van der Waals surface area contributed by atoms with Crippen LogP contribution in [-0.4, -0.2) is 35.5 Å². The zero-order valence-electron chi connectivity index (χ0n) is 12.5. The first-order valence-electron chi connectivity index (χ1n) is 7.35. The molecule has 0 N–H and O–H groups in total. The Kier molecular flexibility index (Phi) is 4.23. The average Bonchev–Trinajstić information content (AvgIpc) is 2.59. The van der Waals surface area contributed by atoms with Crippen molar-refractivity contribution in [3.05, 3.63) is 53.9 Å². The van der Waals surface area contributed by atoms with E-state index in [1.54, 1.807) is 29.4 Å². The van der Waals surface area contributed by atoms with Crippen LogP contribution < -0.4 is 9.47 Å². The zero-order chi connectivity index (χ0) is 15.4. The second-order valence-electron chi connectivity index (χ2n) is 5.04. The predicted octanol–water partition coefficient (Wildman–Crippen LogP) is 2.52. The Labute approximate surface area is 129 Å². The minimum atomic E-state index is -0.0227. The van der Waals surface area contributed by atoms with Crippen molar-refractivity contribution < 1.29 is 14.3 Å². The highest BCUT2D eigenvalue weighted by molar-refractivity contribution is 5.93. The molecular formula is C17H18N2O3. The van der Waals surface area contributed by atoms with Gasteiger partial charge in [0.05, 0.1) is 5.56 Å². The maximum atomic E-state index is 12.5. The van der Waals surface area contributed by atoms with Crippen LogP contribution in [0.3, 0.4) is 0 Å². The van der Waals surface area contributed by atoms with Gasteiger partial charge in [-0.1, -0.05) is 6.07 Å². The second-order valence-corrected chi connectivity index (χ2v) is 5.04. The van der Waals surface area contributed by atoms with Crippen LogP contribution in [0.1, 0.15) is 22.8 Å². The first-order valence-corrected chi connectivity index (χ1v) is 7.35. The Morgan fingerprint density at radius 2 is 2.05 bits per heavy atom. The molecule has 0 bridgehead atoms. The van der Waals surface area contributed by atoms with E-state index in [0.717, 1.165) is 17.1 Å². The number of benzene rings is 1. The number of nitrogens with zero attached hydrogens (tertiary/aromatic N) is 2. The van der Waals surface area contributed by atoms with Crippen LogP contribution in [0, 0.1) is 0 Å². The Hall–Kier alpha value is -2.56. The fourth-order valence-electron chi connectivity index (χ4n) is 2.41. The highest BCUT2D eigenvalue weighted by Gasteiger charge is 2.17. The van der Waals surface area contributed by atoms with Crippen LogP contribution in [0.15, 0.2) is 42.7 Å². The Bertz CT molecular complexity index is 658. The SMILES string of the molecule is CCN(Cc1ccc2c(c1)OCCO2)C(=O)c1cccnc1. The van der Waals surface area contributed by atoms with Gasteiger partial charge in [0.2, 0.25) is 0 Å². The number of carbonyl (C=O) groups excluding carboxylic acids is 1. The minimum Gasteiger partial charge on any atom is -0.486 e. The number of fused-ring (bicyclic) bond motifs is 1. The van der Waals surface area contributed by atoms with Crippen molar-refractivity contribution in [1.82, 2.24) is 9.88 Å². The largest absolute Gasteiger partial charge is 0.486 e. The van der Waals surface area contributed by atoms with Gasteiger partial charge in [-0.15, -0.1) is 0 Å². The van der Waals surface area contributed by atoms with Gasteiger partial charge in [-0.25, -0.2) is 0 Å². The van der Waals surface area contributed by atoms with Crippen molar-refractivity contribution in [2.45, 2.75) is 13.5 Å². The molecule has 1 aromatic heterocycles. The lowest BCUT2D eigenvalue weighted by Gasteiger charge is -2.23. The average molecular weight is 298 g/mol. The monoisotopic (exact) mass is 298 g/mol. The molecular weight excluding hydrogens is 280 g/mol. The quantitative estimate of drug-likeness (QED) is 0.870. The lowest BCUT2D eigenvalue weighted by Crippen LogP contribution is -2.30. The molecule has 0 spiro atoms. The molecule has 0 radical (unpaired) electrons. The van der Waals surface area contributed by atoms with Gasteiger partial charge in [0, 0.05) is 25.5 Å². The summed E-state index contributed by atoms with van der Waals surface area (Å²) in [6.45, 7) is 4.25. The standard InChI is InChI=1S/C17H18N2O3/c1-2-19(17(20)14-4-3-7-18-11-14)12-13-5-6-15-16(10-13)22-9-8-21-15/h3-7,10-11H,2,8-9,12H2,1H3. The van der Waals surface area contributed by atoms with Gasteiger partial charge in [0.1, 0.15) is 13.2 Å². The number of pyridine rings is 1. The van der Waals surface area contributed by atoms with Crippen LogP contribution in [-0.2, 0) is 6.54 Å². The minimum absolute atomic E-state index is 0.0227. The van der Waals surface area contributed by atoms with Crippen LogP contribution >= 0.6 is 0 Å². The molecule has 3 rings (SSSR count). The van der Waals surface area contributed by atoms with E-state index in [2.05, 4.69) is 4.98 Å². The molecule has 0 aliphatic carbocycles. The normalized spacial score (nSPS) is 12.8. The lowest BCUT2D eigenvalue weighted by atomic mass is 10.1. The van der Waals surface area contributed by atoms with E-state index in [4.69, 9.17) is 9.47 Å². The topological polar surface area (TPSA) is 51.7 Å². The number of hydrogen-bond donors (Lipinski definition) is 0. The predicted molar refractivity (Wildman–Crippen MR) is 82.1 cm³/mol. The summed E-state index contributed by atoms with van der Waals surface area (Å²) in [5.74, 6) is 1.48. The summed E-state index contributed by atoms with van der Waals surface area (Å²) in [6.07, 6.45) is 3.25. The summed E-state index contributed by atoms with van der Waals surface area (Å²) in [7, 11) is 0. The maximum Gasteiger partial charge on any atom is 0.255 e. The molecule has 2 heterocycles. The van der Waals surface area contributed by atoms with Crippen molar-refractivity contribution in [3.63, 3.8) is 0 Å². The third-order valence-electron chi connectivity index (χ3n) is 3.56. The van der Waals surface area contributed by atoms with Gasteiger partial charge >= 0.3 is 0 Å². The van der Waals surface area contributed by atoms with E-state index in [1.807, 2.05) is 25.1 Å². The summed E-state index contributed by atoms with van der Waals surface area (Å²) >= 11 is 0. The Balaban J connectivity index is 1.77. The summed E-state index contributed by atoms with van der Waals surface area (Å²) in [5.41, 5.74) is 1.62. The van der Waals surface area contributed by atoms with Crippen molar-refractivity contribution in [3.8, 4) is 11.5 Å². The lowest BCUT2D eigenvalue weighted by molar-refractivity contribution is 0.0752. The van der Waals surface area contributed by atoms with E-state index in [0.29, 0.717) is 31.9 Å². The van der Waals surface area contributed by atoms with Gasteiger partial charge in [0.25, 0.3) is 5.91 Å². The number of carbonyl (C=O) groups is 1. The van der Waals surface area contributed by atoms with E-state index in [1.165, 1.54) is 0 Å². The summed E-state index contributed by atoms with van der Waals surface area (Å²) in [4.78, 5) is 18.3. The van der Waals surface area contributed by atoms with Gasteiger partial charge in [0.15, 0.2) is 11.5 Å². The molecule has 1 amide bonds. The van der Waals surface area contributed by atoms with Crippen molar-refractivity contribution >= 4 is 5.91 Å². The molecule has 1 aromatic carbocycles. The third-order valence-corrected chi connectivity index (χ3v) is 3.56. The van der Waals surface area contributed by atoms with Crippen LogP contribution in [0.2, 0.25) is 0 Å². The number of amides is 1. The van der Waals surface area contributed by atoms with Crippen molar-refractivity contribution in [2.24, 2.45) is 0 Å². The summed E-state index contributed by atoms with van der Waals surface area (Å²) < 4.78 is 11.1.